The van der Waals surface area contributed by atoms with Crippen molar-refractivity contribution in [3.05, 3.63) is 35.4 Å². The Morgan fingerprint density at radius 2 is 1.84 bits per heavy atom. The summed E-state index contributed by atoms with van der Waals surface area (Å²) in [6, 6.07) is 8.99. The average molecular weight is 279 g/mol. The van der Waals surface area contributed by atoms with Crippen molar-refractivity contribution in [2.45, 2.75) is 58.8 Å². The molecule has 0 radical (unpaired) electrons. The summed E-state index contributed by atoms with van der Waals surface area (Å²) in [4.78, 5) is 0. The summed E-state index contributed by atoms with van der Waals surface area (Å²) in [7, 11) is 0. The molecule has 0 amide bonds. The highest BCUT2D eigenvalue weighted by atomic mass is 35.5. The van der Waals surface area contributed by atoms with E-state index in [4.69, 9.17) is 11.6 Å². The zero-order chi connectivity index (χ0) is 14.0. The van der Waals surface area contributed by atoms with Crippen molar-refractivity contribution in [1.29, 1.82) is 0 Å². The van der Waals surface area contributed by atoms with Gasteiger partial charge >= 0.3 is 0 Å². The molecule has 0 heterocycles. The van der Waals surface area contributed by atoms with E-state index in [0.29, 0.717) is 17.3 Å². The van der Waals surface area contributed by atoms with E-state index in [1.807, 2.05) is 0 Å². The molecule has 0 nitrogen and oxygen atoms in total. The first kappa shape index (κ1) is 14.9. The fraction of sp³-hybridized carbons (Fsp3) is 0.667. The lowest BCUT2D eigenvalue weighted by atomic mass is 9.78. The zero-order valence-electron chi connectivity index (χ0n) is 12.7. The lowest BCUT2D eigenvalue weighted by Gasteiger charge is -2.31. The van der Waals surface area contributed by atoms with Gasteiger partial charge < -0.3 is 0 Å². The van der Waals surface area contributed by atoms with Crippen LogP contribution in [0.5, 0.6) is 0 Å². The summed E-state index contributed by atoms with van der Waals surface area (Å²) >= 11 is 6.76. The van der Waals surface area contributed by atoms with Gasteiger partial charge in [-0.15, -0.1) is 11.6 Å². The van der Waals surface area contributed by atoms with Crippen molar-refractivity contribution < 1.29 is 0 Å². The van der Waals surface area contributed by atoms with E-state index in [1.54, 1.807) is 0 Å². The average Bonchev–Trinajstić information content (AvgIpc) is 2.68. The summed E-state index contributed by atoms with van der Waals surface area (Å²) < 4.78 is 0. The minimum Gasteiger partial charge on any atom is -0.118 e. The second kappa shape index (κ2) is 5.87. The van der Waals surface area contributed by atoms with Crippen molar-refractivity contribution >= 4 is 11.6 Å². The predicted molar refractivity (Wildman–Crippen MR) is 84.7 cm³/mol. The van der Waals surface area contributed by atoms with Crippen LogP contribution >= 0.6 is 11.6 Å². The summed E-state index contributed by atoms with van der Waals surface area (Å²) in [6.07, 6.45) is 5.07. The molecule has 1 aromatic carbocycles. The van der Waals surface area contributed by atoms with E-state index >= 15 is 0 Å². The first-order valence-electron chi connectivity index (χ1n) is 7.63. The molecule has 19 heavy (non-hydrogen) atoms. The summed E-state index contributed by atoms with van der Waals surface area (Å²) in [5.41, 5.74) is 3.12. The SMILES string of the molecule is CC(C)Cc1ccc(C(Cl)C2CCCC2(C)C)cc1. The maximum Gasteiger partial charge on any atom is 0.0618 e. The Kier molecular flexibility index (Phi) is 4.61. The van der Waals surface area contributed by atoms with Crippen molar-refractivity contribution in [1.82, 2.24) is 0 Å². The second-order valence-corrected chi connectivity index (χ2v) is 7.70. The van der Waals surface area contributed by atoms with Crippen molar-refractivity contribution in [2.75, 3.05) is 0 Å². The summed E-state index contributed by atoms with van der Waals surface area (Å²) in [5.74, 6) is 1.33. The van der Waals surface area contributed by atoms with Crippen LogP contribution in [0.1, 0.15) is 63.5 Å². The maximum absolute atomic E-state index is 6.76. The third-order valence-corrected chi connectivity index (χ3v) is 5.19. The van der Waals surface area contributed by atoms with Gasteiger partial charge in [0.25, 0.3) is 0 Å². The standard InChI is InChI=1S/C18H27Cl/c1-13(2)12-14-7-9-15(10-8-14)17(19)16-6-5-11-18(16,3)4/h7-10,13,16-17H,5-6,11-12H2,1-4H3. The van der Waals surface area contributed by atoms with Crippen LogP contribution in [0.15, 0.2) is 24.3 Å². The molecule has 1 heteroatoms. The molecule has 1 aliphatic rings. The number of halogens is 1. The molecule has 1 aliphatic carbocycles. The Balaban J connectivity index is 2.09. The van der Waals surface area contributed by atoms with Gasteiger partial charge in [-0.3, -0.25) is 0 Å². The van der Waals surface area contributed by atoms with Gasteiger partial charge in [-0.25, -0.2) is 0 Å². The highest BCUT2D eigenvalue weighted by molar-refractivity contribution is 6.21. The quantitative estimate of drug-likeness (QED) is 0.593. The monoisotopic (exact) mass is 278 g/mol. The van der Waals surface area contributed by atoms with Gasteiger partial charge in [0, 0.05) is 0 Å². The van der Waals surface area contributed by atoms with Crippen LogP contribution in [0.4, 0.5) is 0 Å². The molecule has 2 rings (SSSR count). The molecule has 0 bridgehead atoms. The molecule has 0 aromatic heterocycles. The Hall–Kier alpha value is -0.490. The van der Waals surface area contributed by atoms with Crippen LogP contribution in [0.3, 0.4) is 0 Å². The van der Waals surface area contributed by atoms with Crippen LogP contribution in [-0.2, 0) is 6.42 Å². The Morgan fingerprint density at radius 3 is 2.32 bits per heavy atom. The van der Waals surface area contributed by atoms with Gasteiger partial charge in [-0.1, -0.05) is 58.4 Å². The third kappa shape index (κ3) is 3.54. The van der Waals surface area contributed by atoms with E-state index in [1.165, 1.54) is 30.4 Å². The van der Waals surface area contributed by atoms with E-state index in [9.17, 15) is 0 Å². The van der Waals surface area contributed by atoms with Crippen LogP contribution in [0.2, 0.25) is 0 Å². The van der Waals surface area contributed by atoms with Crippen LogP contribution < -0.4 is 0 Å². The molecule has 0 spiro atoms. The van der Waals surface area contributed by atoms with E-state index in [2.05, 4.69) is 52.0 Å². The number of hydrogen-bond acceptors (Lipinski definition) is 0. The maximum atomic E-state index is 6.76. The molecular formula is C18H27Cl. The lowest BCUT2D eigenvalue weighted by Crippen LogP contribution is -2.21. The molecule has 1 fully saturated rings. The Bertz CT molecular complexity index is 402. The largest absolute Gasteiger partial charge is 0.118 e. The third-order valence-electron chi connectivity index (χ3n) is 4.64. The molecule has 106 valence electrons. The van der Waals surface area contributed by atoms with Gasteiger partial charge in [0.05, 0.1) is 5.38 Å². The first-order chi connectivity index (χ1) is 8.90. The molecule has 1 saturated carbocycles. The van der Waals surface area contributed by atoms with Crippen molar-refractivity contribution in [3.63, 3.8) is 0 Å². The van der Waals surface area contributed by atoms with Gasteiger partial charge in [-0.2, -0.15) is 0 Å². The van der Waals surface area contributed by atoms with E-state index < -0.39 is 0 Å². The molecule has 2 unspecified atom stereocenters. The minimum atomic E-state index is 0.172. The molecule has 1 aromatic rings. The molecule has 0 aliphatic heterocycles. The summed E-state index contributed by atoms with van der Waals surface area (Å²) in [5, 5.41) is 0.172. The lowest BCUT2D eigenvalue weighted by molar-refractivity contribution is 0.252. The second-order valence-electron chi connectivity index (χ2n) is 7.23. The first-order valence-corrected chi connectivity index (χ1v) is 8.07. The molecular weight excluding hydrogens is 252 g/mol. The van der Waals surface area contributed by atoms with Crippen molar-refractivity contribution in [2.24, 2.45) is 17.3 Å². The fourth-order valence-corrected chi connectivity index (χ4v) is 4.05. The molecule has 0 saturated heterocycles. The highest BCUT2D eigenvalue weighted by Gasteiger charge is 2.39. The number of benzene rings is 1. The summed E-state index contributed by atoms with van der Waals surface area (Å²) in [6.45, 7) is 9.26. The van der Waals surface area contributed by atoms with E-state index in [0.717, 1.165) is 6.42 Å². The van der Waals surface area contributed by atoms with Crippen molar-refractivity contribution in [3.8, 4) is 0 Å². The Morgan fingerprint density at radius 1 is 1.21 bits per heavy atom. The number of alkyl halides is 1. The van der Waals surface area contributed by atoms with Gasteiger partial charge in [0.15, 0.2) is 0 Å². The van der Waals surface area contributed by atoms with Crippen LogP contribution in [0.25, 0.3) is 0 Å². The smallest absolute Gasteiger partial charge is 0.0618 e. The number of rotatable bonds is 4. The van der Waals surface area contributed by atoms with Crippen LogP contribution in [0, 0.1) is 17.3 Å². The number of hydrogen-bond donors (Lipinski definition) is 0. The molecule has 2 atom stereocenters. The highest BCUT2D eigenvalue weighted by Crippen LogP contribution is 2.51. The van der Waals surface area contributed by atoms with E-state index in [-0.39, 0.29) is 5.38 Å². The normalized spacial score (nSPS) is 23.8. The topological polar surface area (TPSA) is 0 Å². The van der Waals surface area contributed by atoms with Gasteiger partial charge in [0.1, 0.15) is 0 Å². The van der Waals surface area contributed by atoms with Crippen LogP contribution in [-0.4, -0.2) is 0 Å². The van der Waals surface area contributed by atoms with Gasteiger partial charge in [0.2, 0.25) is 0 Å². The predicted octanol–water partition coefficient (Wildman–Crippen LogP) is 5.99. The minimum absolute atomic E-state index is 0.172. The fourth-order valence-electron chi connectivity index (χ4n) is 3.44. The van der Waals surface area contributed by atoms with Gasteiger partial charge in [-0.05, 0) is 47.6 Å². The zero-order valence-corrected chi connectivity index (χ0v) is 13.5. The molecule has 0 N–H and O–H groups in total. The Labute approximate surface area is 123 Å².